The summed E-state index contributed by atoms with van der Waals surface area (Å²) in [5.41, 5.74) is 0.804. The van der Waals surface area contributed by atoms with E-state index in [4.69, 9.17) is 4.74 Å². The Bertz CT molecular complexity index is 476. The summed E-state index contributed by atoms with van der Waals surface area (Å²) >= 11 is 0. The number of hydrogen-bond acceptors (Lipinski definition) is 4. The Morgan fingerprint density at radius 1 is 1.35 bits per heavy atom. The number of ether oxygens (including phenoxy) is 1. The van der Waals surface area contributed by atoms with Gasteiger partial charge in [0, 0.05) is 13.1 Å². The molecule has 2 rings (SSSR count). The van der Waals surface area contributed by atoms with Crippen LogP contribution in [-0.2, 0) is 9.53 Å². The van der Waals surface area contributed by atoms with Gasteiger partial charge in [-0.25, -0.2) is 4.79 Å². The SMILES string of the molecule is CN(C)CCNC(=O)C1NC(=O)OC1c1ccccc1. The van der Waals surface area contributed by atoms with E-state index in [0.717, 1.165) is 12.1 Å². The number of alkyl carbamates (subject to hydrolysis) is 1. The quantitative estimate of drug-likeness (QED) is 0.823. The van der Waals surface area contributed by atoms with Crippen molar-refractivity contribution in [1.82, 2.24) is 15.5 Å². The fourth-order valence-electron chi connectivity index (χ4n) is 2.04. The molecule has 0 aromatic heterocycles. The van der Waals surface area contributed by atoms with E-state index >= 15 is 0 Å². The van der Waals surface area contributed by atoms with Gasteiger partial charge in [0.1, 0.15) is 0 Å². The number of nitrogens with one attached hydrogen (secondary N) is 2. The first-order valence-corrected chi connectivity index (χ1v) is 6.52. The molecule has 0 radical (unpaired) electrons. The second-order valence-electron chi connectivity index (χ2n) is 4.95. The summed E-state index contributed by atoms with van der Waals surface area (Å²) in [6.07, 6.45) is -1.14. The maximum Gasteiger partial charge on any atom is 0.408 e. The monoisotopic (exact) mass is 277 g/mol. The summed E-state index contributed by atoms with van der Waals surface area (Å²) in [5, 5.41) is 5.35. The third kappa shape index (κ3) is 3.48. The average molecular weight is 277 g/mol. The molecule has 1 saturated heterocycles. The van der Waals surface area contributed by atoms with Crippen molar-refractivity contribution in [2.75, 3.05) is 27.2 Å². The lowest BCUT2D eigenvalue weighted by atomic mass is 10.0. The molecular formula is C14H19N3O3. The Balaban J connectivity index is 2.01. The zero-order valence-corrected chi connectivity index (χ0v) is 11.6. The molecule has 6 heteroatoms. The van der Waals surface area contributed by atoms with Gasteiger partial charge < -0.3 is 20.3 Å². The number of likely N-dealkylation sites (N-methyl/N-ethyl adjacent to an activating group) is 1. The maximum atomic E-state index is 12.1. The zero-order valence-electron chi connectivity index (χ0n) is 11.6. The number of amides is 2. The highest BCUT2D eigenvalue weighted by Gasteiger charge is 2.39. The van der Waals surface area contributed by atoms with Crippen LogP contribution in [0.15, 0.2) is 30.3 Å². The van der Waals surface area contributed by atoms with Crippen molar-refractivity contribution in [2.24, 2.45) is 0 Å². The average Bonchev–Trinajstić information content (AvgIpc) is 2.81. The first-order chi connectivity index (χ1) is 9.58. The predicted octanol–water partition coefficient (Wildman–Crippen LogP) is 0.514. The van der Waals surface area contributed by atoms with E-state index in [1.807, 2.05) is 49.3 Å². The number of hydrogen-bond donors (Lipinski definition) is 2. The van der Waals surface area contributed by atoms with Crippen molar-refractivity contribution in [3.05, 3.63) is 35.9 Å². The number of carbonyl (C=O) groups is 2. The minimum atomic E-state index is -0.688. The van der Waals surface area contributed by atoms with E-state index in [1.165, 1.54) is 0 Å². The van der Waals surface area contributed by atoms with Gasteiger partial charge in [-0.3, -0.25) is 4.79 Å². The van der Waals surface area contributed by atoms with Gasteiger partial charge in [0.15, 0.2) is 12.1 Å². The lowest BCUT2D eigenvalue weighted by Crippen LogP contribution is -2.45. The first kappa shape index (κ1) is 14.3. The third-order valence-electron chi connectivity index (χ3n) is 3.08. The van der Waals surface area contributed by atoms with E-state index in [9.17, 15) is 9.59 Å². The maximum absolute atomic E-state index is 12.1. The van der Waals surface area contributed by atoms with Crippen LogP contribution in [0.4, 0.5) is 4.79 Å². The second-order valence-corrected chi connectivity index (χ2v) is 4.95. The number of cyclic esters (lactones) is 1. The minimum absolute atomic E-state index is 0.230. The van der Waals surface area contributed by atoms with Crippen LogP contribution < -0.4 is 10.6 Å². The first-order valence-electron chi connectivity index (χ1n) is 6.52. The molecule has 2 unspecified atom stereocenters. The summed E-state index contributed by atoms with van der Waals surface area (Å²) in [6.45, 7) is 1.27. The van der Waals surface area contributed by atoms with E-state index < -0.39 is 18.2 Å². The molecule has 1 aromatic rings. The molecule has 6 nitrogen and oxygen atoms in total. The van der Waals surface area contributed by atoms with Crippen LogP contribution in [-0.4, -0.2) is 50.1 Å². The molecular weight excluding hydrogens is 258 g/mol. The van der Waals surface area contributed by atoms with Gasteiger partial charge in [-0.05, 0) is 19.7 Å². The molecule has 2 atom stereocenters. The van der Waals surface area contributed by atoms with Crippen molar-refractivity contribution >= 4 is 12.0 Å². The Kier molecular flexibility index (Phi) is 4.57. The molecule has 1 heterocycles. The number of rotatable bonds is 5. The van der Waals surface area contributed by atoms with Crippen LogP contribution in [0, 0.1) is 0 Å². The highest BCUT2D eigenvalue weighted by Crippen LogP contribution is 2.26. The molecule has 0 saturated carbocycles. The topological polar surface area (TPSA) is 70.7 Å². The summed E-state index contributed by atoms with van der Waals surface area (Å²) in [4.78, 5) is 25.5. The van der Waals surface area contributed by atoms with Crippen LogP contribution in [0.5, 0.6) is 0 Å². The molecule has 1 aliphatic heterocycles. The van der Waals surface area contributed by atoms with E-state index in [-0.39, 0.29) is 5.91 Å². The molecule has 108 valence electrons. The van der Waals surface area contributed by atoms with E-state index in [1.54, 1.807) is 0 Å². The standard InChI is InChI=1S/C14H19N3O3/c1-17(2)9-8-15-13(18)11-12(20-14(19)16-11)10-6-4-3-5-7-10/h3-7,11-12H,8-9H2,1-2H3,(H,15,18)(H,16,19). The van der Waals surface area contributed by atoms with Gasteiger partial charge in [0.2, 0.25) is 5.91 Å². The predicted molar refractivity (Wildman–Crippen MR) is 74.2 cm³/mol. The van der Waals surface area contributed by atoms with E-state index in [2.05, 4.69) is 10.6 Å². The fourth-order valence-corrected chi connectivity index (χ4v) is 2.04. The van der Waals surface area contributed by atoms with Crippen molar-refractivity contribution in [2.45, 2.75) is 12.1 Å². The highest BCUT2D eigenvalue weighted by molar-refractivity contribution is 5.88. The number of benzene rings is 1. The van der Waals surface area contributed by atoms with E-state index in [0.29, 0.717) is 6.54 Å². The Labute approximate surface area is 118 Å². The van der Waals surface area contributed by atoms with Gasteiger partial charge in [-0.2, -0.15) is 0 Å². The minimum Gasteiger partial charge on any atom is -0.439 e. The molecule has 0 aliphatic carbocycles. The normalized spacial score (nSPS) is 21.4. The van der Waals surface area contributed by atoms with Gasteiger partial charge >= 0.3 is 6.09 Å². The zero-order chi connectivity index (χ0) is 14.5. The van der Waals surface area contributed by atoms with Gasteiger partial charge in [-0.1, -0.05) is 30.3 Å². The molecule has 1 aromatic carbocycles. The van der Waals surface area contributed by atoms with Gasteiger partial charge in [0.25, 0.3) is 0 Å². The summed E-state index contributed by atoms with van der Waals surface area (Å²) in [6, 6.07) is 8.56. The molecule has 1 aliphatic rings. The second kappa shape index (κ2) is 6.38. The highest BCUT2D eigenvalue weighted by atomic mass is 16.6. The van der Waals surface area contributed by atoms with Crippen LogP contribution in [0.3, 0.4) is 0 Å². The smallest absolute Gasteiger partial charge is 0.408 e. The van der Waals surface area contributed by atoms with Gasteiger partial charge in [-0.15, -0.1) is 0 Å². The Morgan fingerprint density at radius 2 is 2.05 bits per heavy atom. The molecule has 0 bridgehead atoms. The van der Waals surface area contributed by atoms with Crippen molar-refractivity contribution in [3.63, 3.8) is 0 Å². The number of nitrogens with zero attached hydrogens (tertiary/aromatic N) is 1. The van der Waals surface area contributed by atoms with Crippen LogP contribution in [0.2, 0.25) is 0 Å². The fraction of sp³-hybridized carbons (Fsp3) is 0.429. The van der Waals surface area contributed by atoms with Crippen molar-refractivity contribution in [3.8, 4) is 0 Å². The summed E-state index contributed by atoms with van der Waals surface area (Å²) < 4.78 is 5.19. The van der Waals surface area contributed by atoms with Crippen molar-refractivity contribution in [1.29, 1.82) is 0 Å². The molecule has 1 fully saturated rings. The lowest BCUT2D eigenvalue weighted by Gasteiger charge is -2.17. The molecule has 2 N–H and O–H groups in total. The summed E-state index contributed by atoms with van der Waals surface area (Å²) in [5.74, 6) is -0.230. The number of carbonyl (C=O) groups excluding carboxylic acids is 2. The molecule has 2 amide bonds. The Hall–Kier alpha value is -2.08. The third-order valence-corrected chi connectivity index (χ3v) is 3.08. The van der Waals surface area contributed by atoms with Crippen LogP contribution in [0.1, 0.15) is 11.7 Å². The summed E-state index contributed by atoms with van der Waals surface area (Å²) in [7, 11) is 3.86. The van der Waals surface area contributed by atoms with Crippen LogP contribution in [0.25, 0.3) is 0 Å². The lowest BCUT2D eigenvalue weighted by molar-refractivity contribution is -0.124. The molecule has 20 heavy (non-hydrogen) atoms. The Morgan fingerprint density at radius 3 is 2.70 bits per heavy atom. The molecule has 0 spiro atoms. The van der Waals surface area contributed by atoms with Gasteiger partial charge in [0.05, 0.1) is 0 Å². The largest absolute Gasteiger partial charge is 0.439 e. The van der Waals surface area contributed by atoms with Crippen molar-refractivity contribution < 1.29 is 14.3 Å². The van der Waals surface area contributed by atoms with Crippen LogP contribution >= 0.6 is 0 Å².